The molecule has 3 aliphatic rings. The van der Waals surface area contributed by atoms with Crippen molar-refractivity contribution in [3.05, 3.63) is 23.8 Å². The van der Waals surface area contributed by atoms with E-state index in [1.807, 2.05) is 17.0 Å². The lowest BCUT2D eigenvalue weighted by atomic mass is 9.66. The van der Waals surface area contributed by atoms with E-state index in [1.165, 1.54) is 0 Å². The third-order valence-corrected chi connectivity index (χ3v) is 7.23. The molecular weight excluding hydrogens is 368 g/mol. The first kappa shape index (κ1) is 20.5. The first-order chi connectivity index (χ1) is 14.1. The molecule has 0 bridgehead atoms. The molecule has 1 aromatic carbocycles. The van der Waals surface area contributed by atoms with Gasteiger partial charge in [-0.2, -0.15) is 0 Å². The number of methoxy groups -OCH3 is 2. The van der Waals surface area contributed by atoms with Gasteiger partial charge in [-0.15, -0.1) is 0 Å². The lowest BCUT2D eigenvalue weighted by molar-refractivity contribution is -0.144. The van der Waals surface area contributed by atoms with Crippen molar-refractivity contribution >= 4 is 5.91 Å². The van der Waals surface area contributed by atoms with Crippen LogP contribution in [0.25, 0.3) is 0 Å². The van der Waals surface area contributed by atoms with Crippen LogP contribution in [0.5, 0.6) is 11.5 Å². The summed E-state index contributed by atoms with van der Waals surface area (Å²) in [5.41, 5.74) is 0.397. The Hall–Kier alpha value is -1.79. The number of aliphatic hydroxyl groups is 1. The van der Waals surface area contributed by atoms with E-state index in [4.69, 9.17) is 9.47 Å². The van der Waals surface area contributed by atoms with Crippen LogP contribution in [0.15, 0.2) is 18.2 Å². The van der Waals surface area contributed by atoms with Gasteiger partial charge < -0.3 is 19.5 Å². The number of hydrogen-bond acceptors (Lipinski definition) is 5. The molecule has 1 aromatic rings. The molecule has 160 valence electrons. The highest BCUT2D eigenvalue weighted by Crippen LogP contribution is 2.51. The molecule has 3 atom stereocenters. The number of nitrogens with zero attached hydrogens (tertiary/aromatic N) is 2. The number of amides is 1. The van der Waals surface area contributed by atoms with Crippen LogP contribution in [0.3, 0.4) is 0 Å². The normalized spacial score (nSPS) is 30.1. The summed E-state index contributed by atoms with van der Waals surface area (Å²) in [5, 5.41) is 11.5. The van der Waals surface area contributed by atoms with Crippen molar-refractivity contribution in [1.29, 1.82) is 0 Å². The van der Waals surface area contributed by atoms with Crippen molar-refractivity contribution in [3.63, 3.8) is 0 Å². The second kappa shape index (κ2) is 8.52. The highest BCUT2D eigenvalue weighted by atomic mass is 16.5. The zero-order valence-corrected chi connectivity index (χ0v) is 17.7. The van der Waals surface area contributed by atoms with Crippen LogP contribution in [0, 0.1) is 5.92 Å². The molecule has 0 spiro atoms. The second-order valence-electron chi connectivity index (χ2n) is 8.82. The van der Waals surface area contributed by atoms with E-state index in [0.29, 0.717) is 6.54 Å². The van der Waals surface area contributed by atoms with Gasteiger partial charge in [0.2, 0.25) is 5.91 Å². The standard InChI is InChI=1S/C23H34N2O4/c1-28-17-8-9-18(20(15-17)29-2)22-19-7-3-4-10-23(19,27)11-14-25(22)16-21(26)24-12-5-6-13-24/h8-9,15,19,22,27H,3-7,10-14,16H2,1-2H3. The van der Waals surface area contributed by atoms with Gasteiger partial charge in [0.15, 0.2) is 0 Å². The van der Waals surface area contributed by atoms with Crippen molar-refractivity contribution in [1.82, 2.24) is 9.80 Å². The predicted octanol–water partition coefficient (Wildman–Crippen LogP) is 2.99. The van der Waals surface area contributed by atoms with E-state index in [9.17, 15) is 9.90 Å². The van der Waals surface area contributed by atoms with Crippen molar-refractivity contribution in [2.45, 2.75) is 56.6 Å². The monoisotopic (exact) mass is 402 g/mol. The Kier molecular flexibility index (Phi) is 6.02. The zero-order chi connectivity index (χ0) is 20.4. The second-order valence-corrected chi connectivity index (χ2v) is 8.82. The molecule has 3 unspecified atom stereocenters. The van der Waals surface area contributed by atoms with Crippen molar-refractivity contribution in [2.75, 3.05) is 40.4 Å². The van der Waals surface area contributed by atoms with E-state index in [2.05, 4.69) is 11.0 Å². The predicted molar refractivity (Wildman–Crippen MR) is 111 cm³/mol. The smallest absolute Gasteiger partial charge is 0.236 e. The number of likely N-dealkylation sites (tertiary alicyclic amines) is 2. The third-order valence-electron chi connectivity index (χ3n) is 7.23. The van der Waals surface area contributed by atoms with Gasteiger partial charge in [0, 0.05) is 43.2 Å². The van der Waals surface area contributed by atoms with E-state index >= 15 is 0 Å². The highest BCUT2D eigenvalue weighted by molar-refractivity contribution is 5.78. The molecule has 1 saturated carbocycles. The summed E-state index contributed by atoms with van der Waals surface area (Å²) in [6.45, 7) is 2.88. The largest absolute Gasteiger partial charge is 0.497 e. The molecule has 0 aromatic heterocycles. The van der Waals surface area contributed by atoms with Crippen LogP contribution < -0.4 is 9.47 Å². The molecule has 6 heteroatoms. The first-order valence-corrected chi connectivity index (χ1v) is 11.0. The molecule has 1 aliphatic carbocycles. The van der Waals surface area contributed by atoms with Crippen LogP contribution in [0.1, 0.15) is 56.6 Å². The molecule has 2 saturated heterocycles. The fraction of sp³-hybridized carbons (Fsp3) is 0.696. The maximum absolute atomic E-state index is 13.0. The number of rotatable bonds is 5. The van der Waals surface area contributed by atoms with Gasteiger partial charge >= 0.3 is 0 Å². The number of benzene rings is 1. The summed E-state index contributed by atoms with van der Waals surface area (Å²) in [6, 6.07) is 5.89. The average Bonchev–Trinajstić information content (AvgIpc) is 3.28. The van der Waals surface area contributed by atoms with Crippen LogP contribution in [-0.4, -0.2) is 66.8 Å². The van der Waals surface area contributed by atoms with Gasteiger partial charge in [-0.1, -0.05) is 18.9 Å². The molecule has 6 nitrogen and oxygen atoms in total. The molecule has 2 heterocycles. The summed E-state index contributed by atoms with van der Waals surface area (Å²) < 4.78 is 11.1. The molecule has 0 radical (unpaired) electrons. The van der Waals surface area contributed by atoms with Crippen LogP contribution in [-0.2, 0) is 4.79 Å². The Morgan fingerprint density at radius 3 is 2.62 bits per heavy atom. The molecular formula is C23H34N2O4. The van der Waals surface area contributed by atoms with Crippen molar-refractivity contribution in [3.8, 4) is 11.5 Å². The fourth-order valence-corrected chi connectivity index (χ4v) is 5.64. The number of carbonyl (C=O) groups excluding carboxylic acids is 1. The van der Waals surface area contributed by atoms with Gasteiger partial charge in [0.25, 0.3) is 0 Å². The quantitative estimate of drug-likeness (QED) is 0.820. The summed E-state index contributed by atoms with van der Waals surface area (Å²) in [7, 11) is 3.32. The SMILES string of the molecule is COc1ccc(C2C3CCCCC3(O)CCN2CC(=O)N2CCCC2)c(OC)c1. The topological polar surface area (TPSA) is 62.2 Å². The first-order valence-electron chi connectivity index (χ1n) is 11.0. The summed E-state index contributed by atoms with van der Waals surface area (Å²) in [5.74, 6) is 1.84. The lowest BCUT2D eigenvalue weighted by Gasteiger charge is -2.52. The molecule has 4 rings (SSSR count). The Bertz CT molecular complexity index is 734. The average molecular weight is 403 g/mol. The molecule has 2 aliphatic heterocycles. The van der Waals surface area contributed by atoms with Crippen molar-refractivity contribution < 1.29 is 19.4 Å². The highest BCUT2D eigenvalue weighted by Gasteiger charge is 2.50. The minimum absolute atomic E-state index is 0.0264. The number of hydrogen-bond donors (Lipinski definition) is 1. The molecule has 29 heavy (non-hydrogen) atoms. The zero-order valence-electron chi connectivity index (χ0n) is 17.7. The maximum Gasteiger partial charge on any atom is 0.236 e. The van der Waals surface area contributed by atoms with Gasteiger partial charge in [-0.05, 0) is 38.2 Å². The Balaban J connectivity index is 1.67. The van der Waals surface area contributed by atoms with Crippen LogP contribution in [0.2, 0.25) is 0 Å². The van der Waals surface area contributed by atoms with E-state index in [-0.39, 0.29) is 17.9 Å². The third kappa shape index (κ3) is 3.97. The van der Waals surface area contributed by atoms with E-state index < -0.39 is 5.60 Å². The minimum atomic E-state index is -0.652. The van der Waals surface area contributed by atoms with Gasteiger partial charge in [-0.3, -0.25) is 9.69 Å². The summed E-state index contributed by atoms with van der Waals surface area (Å²) in [4.78, 5) is 17.2. The lowest BCUT2D eigenvalue weighted by Crippen LogP contribution is -2.56. The van der Waals surface area contributed by atoms with Crippen LogP contribution in [0.4, 0.5) is 0 Å². The molecule has 3 fully saturated rings. The van der Waals surface area contributed by atoms with Gasteiger partial charge in [-0.25, -0.2) is 0 Å². The van der Waals surface area contributed by atoms with Crippen molar-refractivity contribution in [2.24, 2.45) is 5.92 Å². The van der Waals surface area contributed by atoms with E-state index in [1.54, 1.807) is 14.2 Å². The van der Waals surface area contributed by atoms with E-state index in [0.717, 1.165) is 81.6 Å². The number of ether oxygens (including phenoxy) is 2. The number of fused-ring (bicyclic) bond motifs is 1. The van der Waals surface area contributed by atoms with Gasteiger partial charge in [0.1, 0.15) is 11.5 Å². The number of piperidine rings is 1. The number of carbonyl (C=O) groups is 1. The van der Waals surface area contributed by atoms with Gasteiger partial charge in [0.05, 0.1) is 26.4 Å². The van der Waals surface area contributed by atoms with Crippen LogP contribution >= 0.6 is 0 Å². The minimum Gasteiger partial charge on any atom is -0.497 e. The summed E-state index contributed by atoms with van der Waals surface area (Å²) in [6.07, 6.45) is 6.96. The Labute approximate surface area is 173 Å². The maximum atomic E-state index is 13.0. The molecule has 1 N–H and O–H groups in total. The Morgan fingerprint density at radius 2 is 1.90 bits per heavy atom. The fourth-order valence-electron chi connectivity index (χ4n) is 5.64. The molecule has 1 amide bonds. The summed E-state index contributed by atoms with van der Waals surface area (Å²) >= 11 is 0. The Morgan fingerprint density at radius 1 is 1.10 bits per heavy atom.